The SMILES string of the molecule is Cc1ccc(COc2ccccc2/C=N/NC(=O)c2cc3cc(Br)ccc3o2)cc1. The van der Waals surface area contributed by atoms with Crippen LogP contribution in [0.4, 0.5) is 0 Å². The van der Waals surface area contributed by atoms with Crippen molar-refractivity contribution in [2.75, 3.05) is 0 Å². The van der Waals surface area contributed by atoms with Gasteiger partial charge in [-0.25, -0.2) is 5.43 Å². The van der Waals surface area contributed by atoms with Gasteiger partial charge in [-0.2, -0.15) is 5.10 Å². The average Bonchev–Trinajstić information content (AvgIpc) is 3.17. The fourth-order valence-corrected chi connectivity index (χ4v) is 3.28. The van der Waals surface area contributed by atoms with Crippen LogP contribution in [-0.4, -0.2) is 12.1 Å². The third-order valence-corrected chi connectivity index (χ3v) is 5.00. The van der Waals surface area contributed by atoms with E-state index in [0.29, 0.717) is 17.9 Å². The van der Waals surface area contributed by atoms with Crippen molar-refractivity contribution in [3.63, 3.8) is 0 Å². The van der Waals surface area contributed by atoms with Gasteiger partial charge in [0.05, 0.1) is 6.21 Å². The van der Waals surface area contributed by atoms with Crippen LogP contribution in [0.5, 0.6) is 5.75 Å². The standard InChI is InChI=1S/C24H19BrN2O3/c1-16-6-8-17(9-7-16)15-29-21-5-3-2-4-18(21)14-26-27-24(28)23-13-19-12-20(25)10-11-22(19)30-23/h2-14H,15H2,1H3,(H,27,28)/b26-14+. The molecular weight excluding hydrogens is 444 g/mol. The fraction of sp³-hybridized carbons (Fsp3) is 0.0833. The van der Waals surface area contributed by atoms with Crippen molar-refractivity contribution < 1.29 is 13.9 Å². The molecule has 30 heavy (non-hydrogen) atoms. The van der Waals surface area contributed by atoms with Gasteiger partial charge in [-0.3, -0.25) is 4.79 Å². The summed E-state index contributed by atoms with van der Waals surface area (Å²) in [5.74, 6) is 0.463. The Morgan fingerprint density at radius 2 is 1.90 bits per heavy atom. The fourth-order valence-electron chi connectivity index (χ4n) is 2.91. The van der Waals surface area contributed by atoms with E-state index in [1.165, 1.54) is 5.56 Å². The number of hydrazone groups is 1. The lowest BCUT2D eigenvalue weighted by molar-refractivity contribution is 0.0929. The maximum Gasteiger partial charge on any atom is 0.307 e. The zero-order valence-electron chi connectivity index (χ0n) is 16.3. The van der Waals surface area contributed by atoms with Gasteiger partial charge in [0.1, 0.15) is 17.9 Å². The summed E-state index contributed by atoms with van der Waals surface area (Å²) in [7, 11) is 0. The van der Waals surface area contributed by atoms with Gasteiger partial charge in [-0.05, 0) is 48.9 Å². The summed E-state index contributed by atoms with van der Waals surface area (Å²) in [5.41, 5.74) is 6.19. The van der Waals surface area contributed by atoms with Crippen LogP contribution in [0.25, 0.3) is 11.0 Å². The number of carbonyl (C=O) groups excluding carboxylic acids is 1. The molecule has 0 unspecified atom stereocenters. The molecule has 1 aromatic heterocycles. The highest BCUT2D eigenvalue weighted by Crippen LogP contribution is 2.23. The van der Waals surface area contributed by atoms with Gasteiger partial charge in [0.25, 0.3) is 0 Å². The second-order valence-corrected chi connectivity index (χ2v) is 7.72. The first-order valence-corrected chi connectivity index (χ1v) is 10.2. The van der Waals surface area contributed by atoms with Crippen LogP contribution < -0.4 is 10.2 Å². The number of hydrogen-bond donors (Lipinski definition) is 1. The van der Waals surface area contributed by atoms with Crippen LogP contribution >= 0.6 is 15.9 Å². The number of furan rings is 1. The summed E-state index contributed by atoms with van der Waals surface area (Å²) in [6.45, 7) is 2.50. The van der Waals surface area contributed by atoms with Gasteiger partial charge in [-0.1, -0.05) is 57.9 Å². The van der Waals surface area contributed by atoms with E-state index in [2.05, 4.69) is 45.5 Å². The number of hydrogen-bond acceptors (Lipinski definition) is 4. The van der Waals surface area contributed by atoms with Gasteiger partial charge in [0.2, 0.25) is 0 Å². The van der Waals surface area contributed by atoms with Crippen molar-refractivity contribution in [1.29, 1.82) is 0 Å². The van der Waals surface area contributed by atoms with Crippen LogP contribution in [0.3, 0.4) is 0 Å². The summed E-state index contributed by atoms with van der Waals surface area (Å²) < 4.78 is 12.4. The molecule has 4 aromatic rings. The van der Waals surface area contributed by atoms with Crippen LogP contribution in [-0.2, 0) is 6.61 Å². The van der Waals surface area contributed by atoms with Crippen LogP contribution in [0.15, 0.2) is 86.8 Å². The molecule has 0 aliphatic carbocycles. The van der Waals surface area contributed by atoms with Crippen molar-refractivity contribution >= 4 is 39.0 Å². The molecule has 0 fully saturated rings. The lowest BCUT2D eigenvalue weighted by atomic mass is 10.1. The number of benzene rings is 3. The first-order valence-electron chi connectivity index (χ1n) is 9.38. The maximum absolute atomic E-state index is 12.4. The predicted molar refractivity (Wildman–Crippen MR) is 121 cm³/mol. The number of para-hydroxylation sites is 1. The molecule has 0 aliphatic heterocycles. The second-order valence-electron chi connectivity index (χ2n) is 6.80. The van der Waals surface area contributed by atoms with Gasteiger partial charge >= 0.3 is 5.91 Å². The Labute approximate surface area is 182 Å². The minimum atomic E-state index is -0.420. The molecule has 0 atom stereocenters. The molecule has 1 amide bonds. The molecule has 0 saturated carbocycles. The molecule has 5 nitrogen and oxygen atoms in total. The number of aryl methyl sites for hydroxylation is 1. The monoisotopic (exact) mass is 462 g/mol. The van der Waals surface area contributed by atoms with E-state index in [1.807, 2.05) is 48.5 Å². The zero-order chi connectivity index (χ0) is 20.9. The van der Waals surface area contributed by atoms with Crippen molar-refractivity contribution in [3.8, 4) is 5.75 Å². The number of fused-ring (bicyclic) bond motifs is 1. The molecule has 150 valence electrons. The number of amides is 1. The molecule has 4 rings (SSSR count). The highest BCUT2D eigenvalue weighted by atomic mass is 79.9. The highest BCUT2D eigenvalue weighted by molar-refractivity contribution is 9.10. The Morgan fingerprint density at radius 3 is 2.73 bits per heavy atom. The second kappa shape index (κ2) is 8.97. The Morgan fingerprint density at radius 1 is 1.10 bits per heavy atom. The lowest BCUT2D eigenvalue weighted by Crippen LogP contribution is -2.16. The normalized spacial score (nSPS) is 11.1. The Balaban J connectivity index is 1.42. The predicted octanol–water partition coefficient (Wildman–Crippen LogP) is 5.85. The molecule has 6 heteroatoms. The molecule has 1 N–H and O–H groups in total. The van der Waals surface area contributed by atoms with Gasteiger partial charge in [0, 0.05) is 15.4 Å². The topological polar surface area (TPSA) is 63.8 Å². The van der Waals surface area contributed by atoms with Gasteiger partial charge < -0.3 is 9.15 Å². The smallest absolute Gasteiger partial charge is 0.307 e. The van der Waals surface area contributed by atoms with E-state index in [4.69, 9.17) is 9.15 Å². The number of halogens is 1. The van der Waals surface area contributed by atoms with Crippen molar-refractivity contribution in [3.05, 3.63) is 99.7 Å². The molecule has 3 aromatic carbocycles. The summed E-state index contributed by atoms with van der Waals surface area (Å²) >= 11 is 3.41. The summed E-state index contributed by atoms with van der Waals surface area (Å²) in [5, 5.41) is 4.90. The van der Waals surface area contributed by atoms with E-state index in [0.717, 1.165) is 21.0 Å². The largest absolute Gasteiger partial charge is 0.488 e. The van der Waals surface area contributed by atoms with E-state index < -0.39 is 5.91 Å². The minimum absolute atomic E-state index is 0.198. The van der Waals surface area contributed by atoms with Crippen molar-refractivity contribution in [2.24, 2.45) is 5.10 Å². The van der Waals surface area contributed by atoms with E-state index >= 15 is 0 Å². The number of carbonyl (C=O) groups is 1. The Kier molecular flexibility index (Phi) is 5.95. The average molecular weight is 463 g/mol. The number of rotatable bonds is 6. The van der Waals surface area contributed by atoms with E-state index in [-0.39, 0.29) is 5.76 Å². The molecular formula is C24H19BrN2O3. The van der Waals surface area contributed by atoms with Gasteiger partial charge in [-0.15, -0.1) is 0 Å². The first-order chi connectivity index (χ1) is 14.6. The van der Waals surface area contributed by atoms with Crippen molar-refractivity contribution in [1.82, 2.24) is 5.43 Å². The summed E-state index contributed by atoms with van der Waals surface area (Å²) in [6, 6.07) is 23.0. The molecule has 0 bridgehead atoms. The number of nitrogens with one attached hydrogen (secondary N) is 1. The Bertz CT molecular complexity index is 1210. The molecule has 0 aliphatic rings. The third-order valence-electron chi connectivity index (χ3n) is 4.51. The Hall–Kier alpha value is -3.38. The maximum atomic E-state index is 12.4. The lowest BCUT2D eigenvalue weighted by Gasteiger charge is -2.09. The summed E-state index contributed by atoms with van der Waals surface area (Å²) in [6.07, 6.45) is 1.56. The minimum Gasteiger partial charge on any atom is -0.488 e. The highest BCUT2D eigenvalue weighted by Gasteiger charge is 2.12. The van der Waals surface area contributed by atoms with Crippen LogP contribution in [0.1, 0.15) is 27.2 Å². The molecule has 0 saturated heterocycles. The quantitative estimate of drug-likeness (QED) is 0.288. The van der Waals surface area contributed by atoms with E-state index in [9.17, 15) is 4.79 Å². The third kappa shape index (κ3) is 4.78. The number of ether oxygens (including phenoxy) is 1. The van der Waals surface area contributed by atoms with E-state index in [1.54, 1.807) is 18.3 Å². The zero-order valence-corrected chi connectivity index (χ0v) is 17.8. The number of nitrogens with zero attached hydrogens (tertiary/aromatic N) is 1. The molecule has 0 spiro atoms. The first kappa shape index (κ1) is 19.9. The van der Waals surface area contributed by atoms with Crippen molar-refractivity contribution in [2.45, 2.75) is 13.5 Å². The molecule has 0 radical (unpaired) electrons. The summed E-state index contributed by atoms with van der Waals surface area (Å²) in [4.78, 5) is 12.4. The van der Waals surface area contributed by atoms with Crippen LogP contribution in [0, 0.1) is 6.92 Å². The van der Waals surface area contributed by atoms with Crippen LogP contribution in [0.2, 0.25) is 0 Å². The molecule has 1 heterocycles. The van der Waals surface area contributed by atoms with Gasteiger partial charge in [0.15, 0.2) is 5.76 Å².